The molecule has 3 amide bonds. The third-order valence-corrected chi connectivity index (χ3v) is 11.8. The van der Waals surface area contributed by atoms with Crippen LogP contribution in [0, 0.1) is 35.0 Å². The van der Waals surface area contributed by atoms with Gasteiger partial charge in [0.05, 0.1) is 26.4 Å². The van der Waals surface area contributed by atoms with Crippen LogP contribution in [0.1, 0.15) is 77.2 Å². The van der Waals surface area contributed by atoms with Crippen molar-refractivity contribution < 1.29 is 34.2 Å². The Morgan fingerprint density at radius 2 is 1.85 bits per heavy atom. The van der Waals surface area contributed by atoms with Crippen LogP contribution in [0.15, 0.2) is 48.2 Å². The van der Waals surface area contributed by atoms with Crippen molar-refractivity contribution in [2.45, 2.75) is 92.1 Å². The number of nitrogens with one attached hydrogen (secondary N) is 3. The average Bonchev–Trinajstić information content (AvgIpc) is 3.46. The Morgan fingerprint density at radius 3 is 2.43 bits per heavy atom. The smallest absolute Gasteiger partial charge is 0.255 e. The van der Waals surface area contributed by atoms with Crippen molar-refractivity contribution in [2.75, 3.05) is 39.7 Å². The maximum absolute atomic E-state index is 14.2. The number of methoxy groups -OCH3 is 1. The van der Waals surface area contributed by atoms with Gasteiger partial charge in [0.2, 0.25) is 11.8 Å². The number of carbonyl (C=O) groups excluding carboxylic acids is 3. The van der Waals surface area contributed by atoms with Gasteiger partial charge in [0.25, 0.3) is 5.91 Å². The first-order valence-corrected chi connectivity index (χ1v) is 19.2. The van der Waals surface area contributed by atoms with Gasteiger partial charge in [-0.15, -0.1) is 0 Å². The Labute approximate surface area is 320 Å². The van der Waals surface area contributed by atoms with Crippen molar-refractivity contribution in [1.82, 2.24) is 20.6 Å². The Hall–Kier alpha value is -3.81. The van der Waals surface area contributed by atoms with Gasteiger partial charge in [-0.1, -0.05) is 58.9 Å². The van der Waals surface area contributed by atoms with Crippen LogP contribution in [0.4, 0.5) is 5.69 Å². The molecule has 8 atom stereocenters. The summed E-state index contributed by atoms with van der Waals surface area (Å²) in [7, 11) is 5.43. The van der Waals surface area contributed by atoms with E-state index in [1.54, 1.807) is 37.3 Å². The van der Waals surface area contributed by atoms with Crippen LogP contribution in [-0.4, -0.2) is 96.5 Å². The van der Waals surface area contributed by atoms with Crippen molar-refractivity contribution in [1.29, 1.82) is 0 Å². The molecule has 5 N–H and O–H groups in total. The second-order valence-corrected chi connectivity index (χ2v) is 16.8. The molecule has 0 spiro atoms. The van der Waals surface area contributed by atoms with E-state index in [0.29, 0.717) is 58.0 Å². The zero-order chi connectivity index (χ0) is 39.6. The predicted molar refractivity (Wildman–Crippen MR) is 209 cm³/mol. The number of hydroxylamine groups is 2. The Kier molecular flexibility index (Phi) is 13.0. The lowest BCUT2D eigenvalue weighted by Gasteiger charge is -2.62. The first-order chi connectivity index (χ1) is 25.4. The van der Waals surface area contributed by atoms with E-state index in [4.69, 9.17) is 9.57 Å². The van der Waals surface area contributed by atoms with Gasteiger partial charge in [-0.05, 0) is 86.7 Å². The standard InChI is InChI=1S/C42H61N5O7/c1-23(2)14-32(21-46(8)9)44-40(51)29-15-28(16-31(17-29)43-26(5)50)33-13-11-12-27(39(33)53-10)20-47-38(37(25(4)49)36(22-48)54-47)41(52)45-35-19-30-18-34(24(35)3)42(30,6)7/h11-17,23-25,30,34-38,48-49H,18-22H2,1-10H3,(H,43,50)(H,44,51)(H,45,52)/b32-14+/t24-,25-,30+,34-,35-,36?,37+,38-/m0/s1. The Bertz CT molecular complexity index is 1720. The van der Waals surface area contributed by atoms with Crippen molar-refractivity contribution in [3.8, 4) is 16.9 Å². The number of aliphatic hydroxyl groups excluding tert-OH is 2. The minimum absolute atomic E-state index is 0.0129. The summed E-state index contributed by atoms with van der Waals surface area (Å²) in [5, 5.41) is 32.0. The van der Waals surface area contributed by atoms with Crippen LogP contribution in [0.25, 0.3) is 11.1 Å². The molecule has 6 rings (SSSR count). The summed E-state index contributed by atoms with van der Waals surface area (Å²) in [6.07, 6.45) is 2.39. The first-order valence-electron chi connectivity index (χ1n) is 19.2. The molecule has 296 valence electrons. The highest BCUT2D eigenvalue weighted by Gasteiger charge is 2.57. The topological polar surface area (TPSA) is 153 Å². The number of amides is 3. The number of allylic oxidation sites excluding steroid dienone is 1. The zero-order valence-electron chi connectivity index (χ0n) is 33.6. The lowest BCUT2D eigenvalue weighted by Crippen LogP contribution is -2.62. The van der Waals surface area contributed by atoms with E-state index < -0.39 is 24.2 Å². The molecule has 0 aromatic heterocycles. The quantitative estimate of drug-likeness (QED) is 0.183. The Morgan fingerprint density at radius 1 is 1.13 bits per heavy atom. The number of para-hydroxylation sites is 1. The van der Waals surface area contributed by atoms with Gasteiger partial charge >= 0.3 is 0 Å². The van der Waals surface area contributed by atoms with Crippen LogP contribution >= 0.6 is 0 Å². The molecule has 3 aliphatic carbocycles. The summed E-state index contributed by atoms with van der Waals surface area (Å²) in [4.78, 5) is 48.4. The van der Waals surface area contributed by atoms with E-state index in [1.165, 1.54) is 13.3 Å². The third kappa shape index (κ3) is 8.84. The number of ether oxygens (including phenoxy) is 1. The molecule has 12 nitrogen and oxygen atoms in total. The second kappa shape index (κ2) is 16.9. The molecule has 2 aromatic carbocycles. The number of likely N-dealkylation sites (N-methyl/N-ethyl adjacent to an activating group) is 1. The molecule has 0 radical (unpaired) electrons. The molecule has 1 unspecified atom stereocenters. The van der Waals surface area contributed by atoms with E-state index in [1.807, 2.05) is 57.1 Å². The monoisotopic (exact) mass is 747 g/mol. The number of benzene rings is 2. The number of anilines is 1. The number of nitrogens with zero attached hydrogens (tertiary/aromatic N) is 2. The summed E-state index contributed by atoms with van der Waals surface area (Å²) in [6, 6.07) is 9.93. The summed E-state index contributed by atoms with van der Waals surface area (Å²) in [5.74, 6) is 0.599. The number of aliphatic hydroxyl groups is 2. The minimum atomic E-state index is -0.929. The van der Waals surface area contributed by atoms with E-state index in [2.05, 4.69) is 36.7 Å². The molecule has 1 saturated heterocycles. The number of carbonyl (C=O) groups is 3. The molecule has 3 saturated carbocycles. The third-order valence-electron chi connectivity index (χ3n) is 11.8. The fourth-order valence-corrected chi connectivity index (χ4v) is 9.11. The molecular weight excluding hydrogens is 686 g/mol. The largest absolute Gasteiger partial charge is 0.496 e. The maximum Gasteiger partial charge on any atom is 0.255 e. The SMILES string of the molecule is COc1c(CN2OC(CO)[C@@H]([C@H](C)O)[C@H]2C(=O)N[C@H]2C[C@H]3C[C@@H]([C@@H]2C)C3(C)C)cccc1-c1cc(NC(C)=O)cc(C(=O)N/C(=C/C(C)C)CN(C)C)c1. The summed E-state index contributed by atoms with van der Waals surface area (Å²) >= 11 is 0. The molecule has 54 heavy (non-hydrogen) atoms. The number of hydrogen-bond donors (Lipinski definition) is 5. The highest BCUT2D eigenvalue weighted by molar-refractivity contribution is 5.99. The van der Waals surface area contributed by atoms with Crippen molar-refractivity contribution >= 4 is 23.4 Å². The van der Waals surface area contributed by atoms with Crippen molar-refractivity contribution in [3.63, 3.8) is 0 Å². The zero-order valence-corrected chi connectivity index (χ0v) is 33.6. The summed E-state index contributed by atoms with van der Waals surface area (Å²) < 4.78 is 6.03. The van der Waals surface area contributed by atoms with E-state index >= 15 is 0 Å². The first kappa shape index (κ1) is 41.4. The van der Waals surface area contributed by atoms with Crippen molar-refractivity contribution in [3.05, 3.63) is 59.3 Å². The van der Waals surface area contributed by atoms with E-state index in [9.17, 15) is 24.6 Å². The van der Waals surface area contributed by atoms with Gasteiger partial charge in [-0.3, -0.25) is 19.2 Å². The summed E-state index contributed by atoms with van der Waals surface area (Å²) in [5.41, 5.74) is 3.81. The van der Waals surface area contributed by atoms with Crippen LogP contribution in [0.5, 0.6) is 5.75 Å². The second-order valence-electron chi connectivity index (χ2n) is 16.8. The molecule has 1 aliphatic heterocycles. The van der Waals surface area contributed by atoms with E-state index in [-0.39, 0.29) is 48.2 Å². The minimum Gasteiger partial charge on any atom is -0.496 e. The Balaban J connectivity index is 1.47. The molecule has 4 fully saturated rings. The van der Waals surface area contributed by atoms with Gasteiger partial charge in [-0.2, -0.15) is 5.06 Å². The normalized spacial score (nSPS) is 27.0. The highest BCUT2D eigenvalue weighted by atomic mass is 16.7. The van der Waals surface area contributed by atoms with Crippen LogP contribution in [-0.2, 0) is 21.0 Å². The maximum atomic E-state index is 14.2. The lowest BCUT2D eigenvalue weighted by molar-refractivity contribution is -0.183. The van der Waals surface area contributed by atoms with Crippen LogP contribution in [0.3, 0.4) is 0 Å². The van der Waals surface area contributed by atoms with Gasteiger partial charge in [0.15, 0.2) is 0 Å². The van der Waals surface area contributed by atoms with Crippen LogP contribution in [0.2, 0.25) is 0 Å². The van der Waals surface area contributed by atoms with Crippen LogP contribution < -0.4 is 20.7 Å². The van der Waals surface area contributed by atoms with Gasteiger partial charge in [0.1, 0.15) is 17.9 Å². The summed E-state index contributed by atoms with van der Waals surface area (Å²) in [6.45, 7) is 14.3. The average molecular weight is 748 g/mol. The predicted octanol–water partition coefficient (Wildman–Crippen LogP) is 4.81. The molecule has 4 aliphatic rings. The lowest BCUT2D eigenvalue weighted by atomic mass is 9.45. The number of rotatable bonds is 14. The molecule has 2 bridgehead atoms. The fourth-order valence-electron chi connectivity index (χ4n) is 9.11. The van der Waals surface area contributed by atoms with E-state index in [0.717, 1.165) is 12.1 Å². The van der Waals surface area contributed by atoms with Gasteiger partial charge in [-0.25, -0.2) is 0 Å². The molecule has 2 aromatic rings. The molecule has 12 heteroatoms. The molecule has 1 heterocycles. The van der Waals surface area contributed by atoms with Gasteiger partial charge < -0.3 is 35.8 Å². The van der Waals surface area contributed by atoms with Crippen molar-refractivity contribution in [2.24, 2.45) is 35.0 Å². The fraction of sp³-hybridized carbons (Fsp3) is 0.595. The van der Waals surface area contributed by atoms with Gasteiger partial charge in [0, 0.05) is 53.5 Å². The number of hydrogen-bond acceptors (Lipinski definition) is 9. The number of fused-ring (bicyclic) bond motifs is 2. The molecular formula is C42H61N5O7. The highest BCUT2D eigenvalue weighted by Crippen LogP contribution is 2.61.